The van der Waals surface area contributed by atoms with E-state index in [2.05, 4.69) is 15.0 Å². The van der Waals surface area contributed by atoms with Gasteiger partial charge in [-0.05, 0) is 36.6 Å². The average Bonchev–Trinajstić information content (AvgIpc) is 2.71. The van der Waals surface area contributed by atoms with E-state index in [1.54, 1.807) is 48.5 Å². The van der Waals surface area contributed by atoms with E-state index in [9.17, 15) is 14.4 Å². The number of nitrogens with zero attached hydrogens (tertiary/aromatic N) is 2. The number of carbonyl (C=O) groups excluding carboxylic acids is 1. The summed E-state index contributed by atoms with van der Waals surface area (Å²) in [6.45, 7) is 2.35. The molecule has 0 aliphatic heterocycles. The Labute approximate surface area is 159 Å². The Morgan fingerprint density at radius 1 is 0.964 bits per heavy atom. The van der Waals surface area contributed by atoms with E-state index >= 15 is 0 Å². The molecule has 2 aromatic carbocycles. The van der Waals surface area contributed by atoms with Crippen LogP contribution in [-0.4, -0.2) is 32.3 Å². The zero-order valence-corrected chi connectivity index (χ0v) is 15.2. The fraction of sp³-hybridized carbons (Fsp3) is 0.143. The largest absolute Gasteiger partial charge is 0.330 e. The Bertz CT molecular complexity index is 1310. The fourth-order valence-electron chi connectivity index (χ4n) is 3.21. The van der Waals surface area contributed by atoms with E-state index in [1.807, 2.05) is 13.0 Å². The number of rotatable bonds is 4. The molecule has 140 valence electrons. The van der Waals surface area contributed by atoms with Crippen molar-refractivity contribution in [3.05, 3.63) is 86.8 Å². The monoisotopic (exact) mass is 374 g/mol. The Morgan fingerprint density at radius 3 is 2.43 bits per heavy atom. The summed E-state index contributed by atoms with van der Waals surface area (Å²) in [4.78, 5) is 48.8. The molecule has 0 atom stereocenters. The first-order valence-corrected chi connectivity index (χ1v) is 8.96. The lowest BCUT2D eigenvalue weighted by atomic mass is 10.1. The van der Waals surface area contributed by atoms with Crippen molar-refractivity contribution in [1.82, 2.24) is 19.9 Å². The number of aromatic amines is 2. The number of hydrogen-bond acceptors (Lipinski definition) is 4. The van der Waals surface area contributed by atoms with Gasteiger partial charge < -0.3 is 14.9 Å². The summed E-state index contributed by atoms with van der Waals surface area (Å²) < 4.78 is 0. The van der Waals surface area contributed by atoms with E-state index in [-0.39, 0.29) is 29.3 Å². The minimum Gasteiger partial charge on any atom is -0.330 e. The summed E-state index contributed by atoms with van der Waals surface area (Å²) >= 11 is 0. The van der Waals surface area contributed by atoms with Gasteiger partial charge in [0.25, 0.3) is 17.0 Å². The molecular formula is C21H18N4O3. The summed E-state index contributed by atoms with van der Waals surface area (Å²) in [6, 6.07) is 15.8. The van der Waals surface area contributed by atoms with Crippen LogP contribution in [0.3, 0.4) is 0 Å². The smallest absolute Gasteiger partial charge is 0.270 e. The van der Waals surface area contributed by atoms with Crippen molar-refractivity contribution in [1.29, 1.82) is 0 Å². The van der Waals surface area contributed by atoms with E-state index in [1.165, 1.54) is 4.90 Å². The number of para-hydroxylation sites is 1. The SMILES string of the molecule is CCN(Cc1nc2ccccc2c(=O)[nH]1)C(=O)c1cc2ccccc2c(=O)[nH]1. The number of nitrogens with one attached hydrogen (secondary N) is 2. The Morgan fingerprint density at radius 2 is 1.64 bits per heavy atom. The molecule has 0 fully saturated rings. The van der Waals surface area contributed by atoms with Crippen LogP contribution in [-0.2, 0) is 6.54 Å². The van der Waals surface area contributed by atoms with Crippen molar-refractivity contribution >= 4 is 27.6 Å². The highest BCUT2D eigenvalue weighted by Crippen LogP contribution is 2.13. The van der Waals surface area contributed by atoms with E-state index in [0.29, 0.717) is 34.0 Å². The molecule has 0 saturated carbocycles. The molecule has 4 rings (SSSR count). The highest BCUT2D eigenvalue weighted by molar-refractivity contribution is 5.96. The number of pyridine rings is 1. The predicted molar refractivity (Wildman–Crippen MR) is 107 cm³/mol. The zero-order valence-electron chi connectivity index (χ0n) is 15.2. The van der Waals surface area contributed by atoms with Gasteiger partial charge in [0.05, 0.1) is 17.4 Å². The van der Waals surface area contributed by atoms with Gasteiger partial charge in [-0.15, -0.1) is 0 Å². The van der Waals surface area contributed by atoms with Crippen molar-refractivity contribution in [2.45, 2.75) is 13.5 Å². The van der Waals surface area contributed by atoms with Gasteiger partial charge >= 0.3 is 0 Å². The number of benzene rings is 2. The van der Waals surface area contributed by atoms with Crippen LogP contribution in [0.4, 0.5) is 0 Å². The number of aromatic nitrogens is 3. The molecule has 0 aliphatic rings. The summed E-state index contributed by atoms with van der Waals surface area (Å²) in [5, 5.41) is 1.73. The quantitative estimate of drug-likeness (QED) is 0.573. The molecule has 0 unspecified atom stereocenters. The van der Waals surface area contributed by atoms with Crippen molar-refractivity contribution in [2.24, 2.45) is 0 Å². The zero-order chi connectivity index (χ0) is 19.7. The molecule has 0 saturated heterocycles. The first-order valence-electron chi connectivity index (χ1n) is 8.96. The molecule has 2 N–H and O–H groups in total. The standard InChI is InChI=1S/C21H18N4O3/c1-2-25(12-18-22-16-10-6-5-9-15(16)20(27)24-18)21(28)17-11-13-7-3-4-8-14(13)19(26)23-17/h3-11H,2,12H2,1H3,(H,23,26)(H,22,24,27). The van der Waals surface area contributed by atoms with Crippen molar-refractivity contribution in [3.63, 3.8) is 0 Å². The van der Waals surface area contributed by atoms with E-state index < -0.39 is 0 Å². The van der Waals surface area contributed by atoms with Crippen LogP contribution in [0.5, 0.6) is 0 Å². The molecule has 4 aromatic rings. The topological polar surface area (TPSA) is 98.9 Å². The molecule has 2 heterocycles. The lowest BCUT2D eigenvalue weighted by Crippen LogP contribution is -2.33. The van der Waals surface area contributed by atoms with Crippen molar-refractivity contribution in [3.8, 4) is 0 Å². The van der Waals surface area contributed by atoms with Gasteiger partial charge in [0.1, 0.15) is 11.5 Å². The van der Waals surface area contributed by atoms with Gasteiger partial charge in [-0.2, -0.15) is 0 Å². The predicted octanol–water partition coefficient (Wildman–Crippen LogP) is 2.43. The minimum absolute atomic E-state index is 0.129. The normalized spacial score (nSPS) is 11.0. The number of hydrogen-bond donors (Lipinski definition) is 2. The maximum absolute atomic E-state index is 13.0. The van der Waals surface area contributed by atoms with Crippen LogP contribution in [0.15, 0.2) is 64.2 Å². The van der Waals surface area contributed by atoms with Crippen LogP contribution in [0.2, 0.25) is 0 Å². The van der Waals surface area contributed by atoms with Crippen LogP contribution in [0.1, 0.15) is 23.2 Å². The molecule has 7 heteroatoms. The first-order chi connectivity index (χ1) is 13.6. The molecule has 0 aliphatic carbocycles. The van der Waals surface area contributed by atoms with Gasteiger partial charge in [-0.1, -0.05) is 30.3 Å². The third-order valence-corrected chi connectivity index (χ3v) is 4.66. The van der Waals surface area contributed by atoms with E-state index in [4.69, 9.17) is 0 Å². The summed E-state index contributed by atoms with van der Waals surface area (Å²) in [7, 11) is 0. The van der Waals surface area contributed by atoms with Crippen LogP contribution < -0.4 is 11.1 Å². The summed E-state index contributed by atoms with van der Waals surface area (Å²) in [6.07, 6.45) is 0. The molecule has 7 nitrogen and oxygen atoms in total. The molecule has 0 spiro atoms. The highest BCUT2D eigenvalue weighted by atomic mass is 16.2. The third-order valence-electron chi connectivity index (χ3n) is 4.66. The van der Waals surface area contributed by atoms with Gasteiger partial charge in [0.15, 0.2) is 0 Å². The second kappa shape index (κ2) is 7.11. The summed E-state index contributed by atoms with van der Waals surface area (Å²) in [5.74, 6) is 0.0585. The Kier molecular flexibility index (Phi) is 4.49. The average molecular weight is 374 g/mol. The lowest BCUT2D eigenvalue weighted by molar-refractivity contribution is 0.0742. The van der Waals surface area contributed by atoms with Crippen molar-refractivity contribution < 1.29 is 4.79 Å². The second-order valence-electron chi connectivity index (χ2n) is 6.45. The number of H-pyrrole nitrogens is 2. The first kappa shape index (κ1) is 17.7. The minimum atomic E-state index is -0.332. The summed E-state index contributed by atoms with van der Waals surface area (Å²) in [5.41, 5.74) is 0.218. The highest BCUT2D eigenvalue weighted by Gasteiger charge is 2.18. The number of amides is 1. The molecule has 0 bridgehead atoms. The van der Waals surface area contributed by atoms with Crippen LogP contribution >= 0.6 is 0 Å². The van der Waals surface area contributed by atoms with Crippen molar-refractivity contribution in [2.75, 3.05) is 6.54 Å². The van der Waals surface area contributed by atoms with E-state index in [0.717, 1.165) is 0 Å². The molecular weight excluding hydrogens is 356 g/mol. The third kappa shape index (κ3) is 3.18. The Hall–Kier alpha value is -3.74. The van der Waals surface area contributed by atoms with Gasteiger partial charge in [-0.3, -0.25) is 14.4 Å². The number of fused-ring (bicyclic) bond motifs is 2. The van der Waals surface area contributed by atoms with Crippen LogP contribution in [0.25, 0.3) is 21.7 Å². The Balaban J connectivity index is 1.69. The molecule has 28 heavy (non-hydrogen) atoms. The number of carbonyl (C=O) groups is 1. The lowest BCUT2D eigenvalue weighted by Gasteiger charge is -2.20. The molecule has 2 aromatic heterocycles. The molecule has 1 amide bonds. The maximum Gasteiger partial charge on any atom is 0.270 e. The van der Waals surface area contributed by atoms with Gasteiger partial charge in [0, 0.05) is 11.9 Å². The van der Waals surface area contributed by atoms with Crippen LogP contribution in [0, 0.1) is 0 Å². The maximum atomic E-state index is 13.0. The second-order valence-corrected chi connectivity index (χ2v) is 6.45. The molecule has 0 radical (unpaired) electrons. The van der Waals surface area contributed by atoms with Gasteiger partial charge in [0.2, 0.25) is 0 Å². The van der Waals surface area contributed by atoms with Gasteiger partial charge in [-0.25, -0.2) is 4.98 Å². The fourth-order valence-corrected chi connectivity index (χ4v) is 3.21.